The van der Waals surface area contributed by atoms with E-state index in [0.29, 0.717) is 0 Å². The van der Waals surface area contributed by atoms with Gasteiger partial charge < -0.3 is 24.7 Å². The summed E-state index contributed by atoms with van der Waals surface area (Å²) in [5.74, 6) is -1.13. The van der Waals surface area contributed by atoms with E-state index in [1.54, 1.807) is 0 Å². The molecule has 104 valence electrons. The Kier molecular flexibility index (Phi) is 3.86. The second-order valence-corrected chi connectivity index (χ2v) is 7.64. The highest BCUT2D eigenvalue weighted by Crippen LogP contribution is 2.64. The molecular weight excluding hydrogens is 292 g/mol. The average molecular weight is 304 g/mol. The van der Waals surface area contributed by atoms with Crippen molar-refractivity contribution >= 4 is 27.2 Å². The van der Waals surface area contributed by atoms with Crippen molar-refractivity contribution in [2.24, 2.45) is 0 Å². The van der Waals surface area contributed by atoms with Gasteiger partial charge in [0.15, 0.2) is 0 Å². The first kappa shape index (κ1) is 15.5. The Labute approximate surface area is 101 Å². The lowest BCUT2D eigenvalue weighted by atomic mass is 10.4. The van der Waals surface area contributed by atoms with E-state index in [1.165, 1.54) is 0 Å². The SMILES string of the molecule is O=C(O)[N+]1(C(P(=O)(O)O)P(=O)(O)O)CCCC1=O. The number of hydrogen-bond acceptors (Lipinski definition) is 4. The lowest BCUT2D eigenvalue weighted by Crippen LogP contribution is -2.59. The molecule has 10 nitrogen and oxygen atoms in total. The molecule has 0 aromatic carbocycles. The smallest absolute Gasteiger partial charge is 0.435 e. The van der Waals surface area contributed by atoms with Crippen LogP contribution in [0.15, 0.2) is 0 Å². The predicted octanol–water partition coefficient (Wildman–Crippen LogP) is -0.559. The van der Waals surface area contributed by atoms with Crippen molar-refractivity contribution in [2.75, 3.05) is 6.54 Å². The van der Waals surface area contributed by atoms with Crippen LogP contribution in [0.3, 0.4) is 0 Å². The number of nitrogens with zero attached hydrogens (tertiary/aromatic N) is 1. The summed E-state index contributed by atoms with van der Waals surface area (Å²) in [5.41, 5.74) is -2.89. The molecule has 1 saturated heterocycles. The van der Waals surface area contributed by atoms with E-state index in [4.69, 9.17) is 24.7 Å². The standard InChI is InChI=1S/C6H11NO9P2/c8-4-2-1-3-7(4,5(9)10)6(17(11,12)13)18(14,15)16/h6H,1-3H2,(H4-,9,10,11,12,13,14,15,16)/p+1. The van der Waals surface area contributed by atoms with Gasteiger partial charge in [-0.15, -0.1) is 4.48 Å². The zero-order chi connectivity index (χ0) is 14.4. The maximum absolute atomic E-state index is 11.6. The van der Waals surface area contributed by atoms with Crippen LogP contribution in [0.25, 0.3) is 0 Å². The molecule has 1 aliphatic heterocycles. The molecule has 12 heteroatoms. The Hall–Kier alpha value is -0.600. The number of imide groups is 1. The first-order chi connectivity index (χ1) is 7.94. The first-order valence-electron chi connectivity index (χ1n) is 4.69. The summed E-state index contributed by atoms with van der Waals surface area (Å²) < 4.78 is 20.5. The zero-order valence-corrected chi connectivity index (χ0v) is 10.7. The van der Waals surface area contributed by atoms with Gasteiger partial charge in [0, 0.05) is 6.42 Å². The largest absolute Gasteiger partial charge is 0.522 e. The van der Waals surface area contributed by atoms with Crippen LogP contribution in [-0.2, 0) is 13.9 Å². The number of hydrogen-bond donors (Lipinski definition) is 5. The number of rotatable bonds is 3. The minimum Gasteiger partial charge on any atom is -0.435 e. The molecule has 0 spiro atoms. The van der Waals surface area contributed by atoms with Crippen molar-refractivity contribution in [3.8, 4) is 0 Å². The van der Waals surface area contributed by atoms with Crippen LogP contribution in [0.1, 0.15) is 12.8 Å². The molecule has 0 aromatic heterocycles. The van der Waals surface area contributed by atoms with Crippen LogP contribution in [0, 0.1) is 0 Å². The van der Waals surface area contributed by atoms with Crippen molar-refractivity contribution in [1.29, 1.82) is 0 Å². The Morgan fingerprint density at radius 1 is 1.17 bits per heavy atom. The van der Waals surface area contributed by atoms with Gasteiger partial charge in [-0.3, -0.25) is 9.13 Å². The summed E-state index contributed by atoms with van der Waals surface area (Å²) in [6.45, 7) is -0.560. The predicted molar refractivity (Wildman–Crippen MR) is 55.3 cm³/mol. The highest BCUT2D eigenvalue weighted by Gasteiger charge is 2.68. The molecule has 1 atom stereocenters. The Balaban J connectivity index is 3.52. The van der Waals surface area contributed by atoms with E-state index in [0.717, 1.165) is 0 Å². The third-order valence-corrected chi connectivity index (χ3v) is 6.48. The molecule has 0 aromatic rings. The van der Waals surface area contributed by atoms with Crippen LogP contribution in [0.2, 0.25) is 0 Å². The molecule has 0 aliphatic carbocycles. The monoisotopic (exact) mass is 304 g/mol. The van der Waals surface area contributed by atoms with Crippen LogP contribution in [0.5, 0.6) is 0 Å². The summed E-state index contributed by atoms with van der Waals surface area (Å²) in [4.78, 5) is 58.7. The quantitative estimate of drug-likeness (QED) is 0.338. The Morgan fingerprint density at radius 3 is 1.83 bits per heavy atom. The van der Waals surface area contributed by atoms with E-state index < -0.39 is 43.7 Å². The molecule has 0 saturated carbocycles. The number of amides is 2. The van der Waals surface area contributed by atoms with Crippen molar-refractivity contribution in [3.63, 3.8) is 0 Å². The molecule has 0 radical (unpaired) electrons. The van der Waals surface area contributed by atoms with Gasteiger partial charge in [-0.05, 0) is 0 Å². The second kappa shape index (κ2) is 4.50. The maximum atomic E-state index is 11.6. The molecule has 1 fully saturated rings. The highest BCUT2D eigenvalue weighted by molar-refractivity contribution is 7.70. The molecule has 18 heavy (non-hydrogen) atoms. The van der Waals surface area contributed by atoms with E-state index in [9.17, 15) is 18.7 Å². The third kappa shape index (κ3) is 2.41. The van der Waals surface area contributed by atoms with Gasteiger partial charge in [-0.1, -0.05) is 0 Å². The van der Waals surface area contributed by atoms with Crippen LogP contribution in [0.4, 0.5) is 4.79 Å². The van der Waals surface area contributed by atoms with Crippen molar-refractivity contribution < 1.29 is 47.9 Å². The summed E-state index contributed by atoms with van der Waals surface area (Å²) in [6, 6.07) is 0. The summed E-state index contributed by atoms with van der Waals surface area (Å²) in [5, 5.41) is 9.00. The highest BCUT2D eigenvalue weighted by atomic mass is 31.2. The number of quaternary nitrogens is 1. The number of carbonyl (C=O) groups excluding carboxylic acids is 1. The van der Waals surface area contributed by atoms with Gasteiger partial charge in [0.25, 0.3) is 0 Å². The summed E-state index contributed by atoms with van der Waals surface area (Å²) in [7, 11) is -11.0. The zero-order valence-electron chi connectivity index (χ0n) is 8.91. The topological polar surface area (TPSA) is 169 Å². The molecule has 0 bridgehead atoms. The minimum absolute atomic E-state index is 0.0123. The summed E-state index contributed by atoms with van der Waals surface area (Å²) >= 11 is 0. The molecular formula is C6H12NO9P2+. The molecule has 1 heterocycles. The maximum Gasteiger partial charge on any atom is 0.522 e. The molecule has 1 aliphatic rings. The molecule has 5 N–H and O–H groups in total. The van der Waals surface area contributed by atoms with E-state index in [-0.39, 0.29) is 12.8 Å². The normalized spacial score (nSPS) is 25.7. The lowest BCUT2D eigenvalue weighted by Gasteiger charge is -2.33. The van der Waals surface area contributed by atoms with Crippen LogP contribution >= 0.6 is 15.2 Å². The van der Waals surface area contributed by atoms with E-state index >= 15 is 0 Å². The van der Waals surface area contributed by atoms with Crippen molar-refractivity contribution in [1.82, 2.24) is 0 Å². The number of carbonyl (C=O) groups is 2. The van der Waals surface area contributed by atoms with Gasteiger partial charge in [-0.2, -0.15) is 4.79 Å². The fourth-order valence-corrected chi connectivity index (χ4v) is 5.34. The number of likely N-dealkylation sites (tertiary alicyclic amines) is 1. The fourth-order valence-electron chi connectivity index (χ4n) is 2.06. The molecule has 2 amide bonds. The summed E-state index contributed by atoms with van der Waals surface area (Å²) in [6.07, 6.45) is -2.29. The fraction of sp³-hybridized carbons (Fsp3) is 0.667. The minimum atomic E-state index is -5.50. The Morgan fingerprint density at radius 2 is 1.61 bits per heavy atom. The van der Waals surface area contributed by atoms with Crippen LogP contribution < -0.4 is 0 Å². The Bertz CT molecular complexity index is 455. The molecule has 1 unspecified atom stereocenters. The van der Waals surface area contributed by atoms with Crippen LogP contribution in [-0.4, -0.2) is 53.2 Å². The second-order valence-electron chi connectivity index (χ2n) is 3.90. The van der Waals surface area contributed by atoms with Gasteiger partial charge >= 0.3 is 32.7 Å². The average Bonchev–Trinajstić information content (AvgIpc) is 2.43. The first-order valence-corrected chi connectivity index (χ1v) is 8.05. The van der Waals surface area contributed by atoms with Gasteiger partial charge in [0.2, 0.25) is 0 Å². The lowest BCUT2D eigenvalue weighted by molar-refractivity contribution is -0.774. The van der Waals surface area contributed by atoms with Gasteiger partial charge in [0.1, 0.15) is 0 Å². The number of carboxylic acid groups (broad SMARTS) is 1. The third-order valence-electron chi connectivity index (χ3n) is 2.68. The van der Waals surface area contributed by atoms with Crippen molar-refractivity contribution in [2.45, 2.75) is 18.4 Å². The molecule has 1 rings (SSSR count). The van der Waals surface area contributed by atoms with Gasteiger partial charge in [-0.25, -0.2) is 4.79 Å². The van der Waals surface area contributed by atoms with E-state index in [1.807, 2.05) is 0 Å². The van der Waals surface area contributed by atoms with E-state index in [2.05, 4.69) is 0 Å². The van der Waals surface area contributed by atoms with Crippen molar-refractivity contribution in [3.05, 3.63) is 0 Å². The van der Waals surface area contributed by atoms with Gasteiger partial charge in [0.05, 0.1) is 13.0 Å².